The highest BCUT2D eigenvalue weighted by molar-refractivity contribution is 5.79. The highest BCUT2D eigenvalue weighted by Gasteiger charge is 1.97. The van der Waals surface area contributed by atoms with E-state index >= 15 is 0 Å². The molecule has 76 valence electrons. The topological polar surface area (TPSA) is 50.4 Å². The molecule has 0 amide bonds. The van der Waals surface area contributed by atoms with Crippen molar-refractivity contribution in [1.29, 1.82) is 0 Å². The number of imidazole rings is 1. The highest BCUT2D eigenvalue weighted by Crippen LogP contribution is 1.98. The van der Waals surface area contributed by atoms with Crippen LogP contribution in [0.4, 0.5) is 0 Å². The quantitative estimate of drug-likeness (QED) is 0.760. The first kappa shape index (κ1) is 9.61. The molecule has 0 unspecified atom stereocenters. The van der Waals surface area contributed by atoms with Crippen LogP contribution in [0.2, 0.25) is 0 Å². The van der Waals surface area contributed by atoms with Crippen LogP contribution in [0.5, 0.6) is 0 Å². The second-order valence-electron chi connectivity index (χ2n) is 3.00. The van der Waals surface area contributed by atoms with Crippen LogP contribution in [-0.2, 0) is 6.61 Å². The summed E-state index contributed by atoms with van der Waals surface area (Å²) < 4.78 is 1.55. The molecule has 0 saturated carbocycles. The monoisotopic (exact) mass is 201 g/mol. The molecule has 1 aromatic heterocycles. The van der Waals surface area contributed by atoms with E-state index in [0.717, 1.165) is 5.56 Å². The van der Waals surface area contributed by atoms with Crippen LogP contribution in [0.1, 0.15) is 11.4 Å². The Labute approximate surface area is 87.5 Å². The Hall–Kier alpha value is -1.94. The Balaban J connectivity index is 2.19. The third kappa shape index (κ3) is 2.30. The summed E-state index contributed by atoms with van der Waals surface area (Å²) >= 11 is 0. The van der Waals surface area contributed by atoms with E-state index in [0.29, 0.717) is 5.82 Å². The van der Waals surface area contributed by atoms with Crippen LogP contribution in [0.3, 0.4) is 0 Å². The van der Waals surface area contributed by atoms with Gasteiger partial charge in [0.2, 0.25) is 0 Å². The average Bonchev–Trinajstić information content (AvgIpc) is 2.75. The lowest BCUT2D eigenvalue weighted by Gasteiger charge is -1.97. The molecule has 2 aromatic rings. The molecule has 1 aromatic carbocycles. The number of aliphatic hydroxyl groups is 1. The number of nitrogens with zero attached hydrogens (tertiary/aromatic N) is 3. The zero-order valence-electron chi connectivity index (χ0n) is 8.11. The number of aromatic nitrogens is 2. The van der Waals surface area contributed by atoms with Crippen LogP contribution in [-0.4, -0.2) is 21.0 Å². The van der Waals surface area contributed by atoms with Crippen molar-refractivity contribution in [1.82, 2.24) is 9.66 Å². The second kappa shape index (κ2) is 4.52. The summed E-state index contributed by atoms with van der Waals surface area (Å²) in [5.74, 6) is 0.530. The van der Waals surface area contributed by atoms with Crippen molar-refractivity contribution in [3.8, 4) is 0 Å². The number of benzene rings is 1. The van der Waals surface area contributed by atoms with E-state index in [9.17, 15) is 0 Å². The van der Waals surface area contributed by atoms with Gasteiger partial charge in [0.15, 0.2) is 5.82 Å². The van der Waals surface area contributed by atoms with Gasteiger partial charge in [-0.3, -0.25) is 0 Å². The van der Waals surface area contributed by atoms with Crippen molar-refractivity contribution in [2.24, 2.45) is 5.10 Å². The molecule has 0 aliphatic heterocycles. The van der Waals surface area contributed by atoms with Crippen LogP contribution < -0.4 is 0 Å². The van der Waals surface area contributed by atoms with Crippen LogP contribution in [0.15, 0.2) is 47.8 Å². The first-order valence-corrected chi connectivity index (χ1v) is 4.62. The van der Waals surface area contributed by atoms with Crippen molar-refractivity contribution >= 4 is 6.21 Å². The average molecular weight is 201 g/mol. The lowest BCUT2D eigenvalue weighted by atomic mass is 10.2. The van der Waals surface area contributed by atoms with Gasteiger partial charge in [-0.2, -0.15) is 5.10 Å². The van der Waals surface area contributed by atoms with Gasteiger partial charge in [0.25, 0.3) is 0 Å². The molecule has 4 nitrogen and oxygen atoms in total. The molecule has 4 heteroatoms. The standard InChI is InChI=1S/C11H11N3O/c15-9-11-12-6-7-14(11)13-8-10-4-2-1-3-5-10/h1-8,15H,9H2. The predicted molar refractivity (Wildman–Crippen MR) is 57.6 cm³/mol. The minimum Gasteiger partial charge on any atom is -0.388 e. The Kier molecular flexibility index (Phi) is 2.90. The van der Waals surface area contributed by atoms with Crippen molar-refractivity contribution in [3.63, 3.8) is 0 Å². The van der Waals surface area contributed by atoms with E-state index in [2.05, 4.69) is 10.1 Å². The van der Waals surface area contributed by atoms with Gasteiger partial charge in [0.1, 0.15) is 6.61 Å². The van der Waals surface area contributed by atoms with Crippen LogP contribution in [0.25, 0.3) is 0 Å². The predicted octanol–water partition coefficient (Wildman–Crippen LogP) is 1.26. The summed E-state index contributed by atoms with van der Waals surface area (Å²) in [6.07, 6.45) is 5.03. The Morgan fingerprint density at radius 3 is 2.87 bits per heavy atom. The molecule has 0 spiro atoms. The fourth-order valence-corrected chi connectivity index (χ4v) is 1.21. The molecule has 0 aliphatic rings. The first-order chi connectivity index (χ1) is 7.40. The van der Waals surface area contributed by atoms with Crippen molar-refractivity contribution < 1.29 is 5.11 Å². The minimum absolute atomic E-state index is 0.112. The molecule has 0 fully saturated rings. The first-order valence-electron chi connectivity index (χ1n) is 4.62. The van der Waals surface area contributed by atoms with E-state index in [4.69, 9.17) is 5.11 Å². The summed E-state index contributed by atoms with van der Waals surface area (Å²) in [5, 5.41) is 13.1. The van der Waals surface area contributed by atoms with E-state index in [1.54, 1.807) is 23.3 Å². The Morgan fingerprint density at radius 2 is 2.13 bits per heavy atom. The van der Waals surface area contributed by atoms with Crippen molar-refractivity contribution in [3.05, 3.63) is 54.1 Å². The van der Waals surface area contributed by atoms with Gasteiger partial charge in [-0.15, -0.1) is 0 Å². The van der Waals surface area contributed by atoms with Gasteiger partial charge in [0.05, 0.1) is 6.21 Å². The molecule has 1 N–H and O–H groups in total. The molecule has 0 bridgehead atoms. The molecule has 15 heavy (non-hydrogen) atoms. The van der Waals surface area contributed by atoms with Crippen molar-refractivity contribution in [2.75, 3.05) is 0 Å². The van der Waals surface area contributed by atoms with E-state index in [1.165, 1.54) is 0 Å². The SMILES string of the molecule is OCc1nccn1N=Cc1ccccc1. The molecule has 1 heterocycles. The maximum atomic E-state index is 8.95. The van der Waals surface area contributed by atoms with Gasteiger partial charge in [-0.05, 0) is 5.56 Å². The molecule has 2 rings (SSSR count). The molecule has 0 radical (unpaired) electrons. The normalized spacial score (nSPS) is 11.0. The van der Waals surface area contributed by atoms with Crippen LogP contribution in [0, 0.1) is 0 Å². The molecular weight excluding hydrogens is 190 g/mol. The summed E-state index contributed by atoms with van der Waals surface area (Å²) in [6.45, 7) is -0.112. The van der Waals surface area contributed by atoms with Gasteiger partial charge in [-0.25, -0.2) is 9.66 Å². The fraction of sp³-hybridized carbons (Fsp3) is 0.0909. The largest absolute Gasteiger partial charge is 0.388 e. The Morgan fingerprint density at radius 1 is 1.33 bits per heavy atom. The molecule has 0 atom stereocenters. The summed E-state index contributed by atoms with van der Waals surface area (Å²) in [5.41, 5.74) is 1.01. The smallest absolute Gasteiger partial charge is 0.155 e. The molecular formula is C11H11N3O. The zero-order chi connectivity index (χ0) is 10.5. The summed E-state index contributed by atoms with van der Waals surface area (Å²) in [4.78, 5) is 3.95. The Bertz CT molecular complexity index is 448. The zero-order valence-corrected chi connectivity index (χ0v) is 8.11. The van der Waals surface area contributed by atoms with Gasteiger partial charge < -0.3 is 5.11 Å². The maximum absolute atomic E-state index is 8.95. The van der Waals surface area contributed by atoms with Gasteiger partial charge in [-0.1, -0.05) is 30.3 Å². The lowest BCUT2D eigenvalue weighted by Crippen LogP contribution is -1.97. The number of rotatable bonds is 3. The fourth-order valence-electron chi connectivity index (χ4n) is 1.21. The molecule has 0 saturated heterocycles. The van der Waals surface area contributed by atoms with E-state index < -0.39 is 0 Å². The lowest BCUT2D eigenvalue weighted by molar-refractivity contribution is 0.267. The number of hydrogen-bond acceptors (Lipinski definition) is 3. The molecule has 0 aliphatic carbocycles. The third-order valence-corrected chi connectivity index (χ3v) is 1.97. The summed E-state index contributed by atoms with van der Waals surface area (Å²) in [6, 6.07) is 9.76. The minimum atomic E-state index is -0.112. The van der Waals surface area contributed by atoms with E-state index in [1.807, 2.05) is 30.3 Å². The van der Waals surface area contributed by atoms with Gasteiger partial charge in [0, 0.05) is 12.4 Å². The summed E-state index contributed by atoms with van der Waals surface area (Å²) in [7, 11) is 0. The second-order valence-corrected chi connectivity index (χ2v) is 3.00. The van der Waals surface area contributed by atoms with Crippen molar-refractivity contribution in [2.45, 2.75) is 6.61 Å². The van der Waals surface area contributed by atoms with Gasteiger partial charge >= 0.3 is 0 Å². The van der Waals surface area contributed by atoms with Crippen LogP contribution >= 0.6 is 0 Å². The number of hydrogen-bond donors (Lipinski definition) is 1. The number of aliphatic hydroxyl groups excluding tert-OH is 1. The van der Waals surface area contributed by atoms with E-state index in [-0.39, 0.29) is 6.61 Å². The highest BCUT2D eigenvalue weighted by atomic mass is 16.3. The third-order valence-electron chi connectivity index (χ3n) is 1.97. The maximum Gasteiger partial charge on any atom is 0.155 e.